The second-order valence-electron chi connectivity index (χ2n) is 4.23. The van der Waals surface area contributed by atoms with E-state index in [4.69, 9.17) is 0 Å². The molecule has 0 amide bonds. The highest BCUT2D eigenvalue weighted by molar-refractivity contribution is 5.54. The summed E-state index contributed by atoms with van der Waals surface area (Å²) in [5.41, 5.74) is 2.26. The van der Waals surface area contributed by atoms with Gasteiger partial charge in [-0.3, -0.25) is 0 Å². The van der Waals surface area contributed by atoms with Gasteiger partial charge in [-0.05, 0) is 19.9 Å². The molecule has 0 spiro atoms. The Kier molecular flexibility index (Phi) is 3.94. The molecule has 0 aliphatic carbocycles. The Bertz CT molecular complexity index is 448. The quantitative estimate of drug-likeness (QED) is 0.827. The first kappa shape index (κ1) is 11.9. The zero-order valence-corrected chi connectivity index (χ0v) is 10.4. The number of imidazole rings is 1. The fourth-order valence-electron chi connectivity index (χ4n) is 1.77. The molecule has 0 aliphatic rings. The highest BCUT2D eigenvalue weighted by atomic mass is 15.0. The van der Waals surface area contributed by atoms with Crippen LogP contribution in [-0.4, -0.2) is 16.5 Å². The lowest BCUT2D eigenvalue weighted by Crippen LogP contribution is -2.19. The van der Waals surface area contributed by atoms with E-state index in [1.54, 1.807) is 0 Å². The van der Waals surface area contributed by atoms with Crippen molar-refractivity contribution in [2.24, 2.45) is 0 Å². The van der Waals surface area contributed by atoms with Crippen LogP contribution in [0.15, 0.2) is 36.5 Å². The molecular weight excluding hydrogens is 210 g/mol. The van der Waals surface area contributed by atoms with Gasteiger partial charge in [0.25, 0.3) is 0 Å². The first-order valence-corrected chi connectivity index (χ1v) is 6.15. The fourth-order valence-corrected chi connectivity index (χ4v) is 1.77. The topological polar surface area (TPSA) is 40.7 Å². The van der Waals surface area contributed by atoms with Gasteiger partial charge >= 0.3 is 0 Å². The predicted molar refractivity (Wildman–Crippen MR) is 70.7 cm³/mol. The molecule has 0 aliphatic heterocycles. The normalized spacial score (nSPS) is 12.6. The van der Waals surface area contributed by atoms with Crippen LogP contribution in [0, 0.1) is 0 Å². The van der Waals surface area contributed by atoms with Gasteiger partial charge < -0.3 is 10.3 Å². The Labute approximate surface area is 102 Å². The molecule has 1 aromatic heterocycles. The summed E-state index contributed by atoms with van der Waals surface area (Å²) in [5, 5.41) is 3.44. The lowest BCUT2D eigenvalue weighted by Gasteiger charge is -2.10. The summed E-state index contributed by atoms with van der Waals surface area (Å²) in [5.74, 6) is 0.936. The summed E-state index contributed by atoms with van der Waals surface area (Å²) in [6.07, 6.45) is 3.06. The Hall–Kier alpha value is -1.61. The summed E-state index contributed by atoms with van der Waals surface area (Å²) >= 11 is 0. The number of H-pyrrole nitrogens is 1. The second-order valence-corrected chi connectivity index (χ2v) is 4.23. The van der Waals surface area contributed by atoms with Gasteiger partial charge in [0.15, 0.2) is 0 Å². The summed E-state index contributed by atoms with van der Waals surface area (Å²) in [6, 6.07) is 10.5. The van der Waals surface area contributed by atoms with Crippen LogP contribution in [0.2, 0.25) is 0 Å². The lowest BCUT2D eigenvalue weighted by atomic mass is 10.2. The zero-order valence-electron chi connectivity index (χ0n) is 10.4. The number of benzene rings is 1. The Morgan fingerprint density at radius 2 is 2.06 bits per heavy atom. The Morgan fingerprint density at radius 3 is 2.76 bits per heavy atom. The van der Waals surface area contributed by atoms with Crippen LogP contribution in [0.4, 0.5) is 0 Å². The van der Waals surface area contributed by atoms with Gasteiger partial charge in [-0.1, -0.05) is 37.3 Å². The third-order valence-electron chi connectivity index (χ3n) is 2.81. The highest BCUT2D eigenvalue weighted by Crippen LogP contribution is 2.17. The van der Waals surface area contributed by atoms with Crippen molar-refractivity contribution in [2.75, 3.05) is 6.54 Å². The van der Waals surface area contributed by atoms with Gasteiger partial charge in [0.2, 0.25) is 0 Å². The molecule has 2 aromatic rings. The number of nitrogens with zero attached hydrogens (tertiary/aromatic N) is 1. The van der Waals surface area contributed by atoms with Crippen LogP contribution in [-0.2, 0) is 0 Å². The van der Waals surface area contributed by atoms with Gasteiger partial charge in [0, 0.05) is 11.6 Å². The van der Waals surface area contributed by atoms with E-state index >= 15 is 0 Å². The summed E-state index contributed by atoms with van der Waals surface area (Å²) in [4.78, 5) is 7.78. The first-order chi connectivity index (χ1) is 8.31. The number of hydrogen-bond acceptors (Lipinski definition) is 2. The average Bonchev–Trinajstić information content (AvgIpc) is 2.86. The number of rotatable bonds is 5. The van der Waals surface area contributed by atoms with Gasteiger partial charge in [0.05, 0.1) is 11.9 Å². The maximum Gasteiger partial charge on any atom is 0.137 e. The molecule has 3 heteroatoms. The fraction of sp³-hybridized carbons (Fsp3) is 0.357. The van der Waals surface area contributed by atoms with E-state index in [0.717, 1.165) is 30.0 Å². The monoisotopic (exact) mass is 229 g/mol. The molecular formula is C14H19N3. The van der Waals surface area contributed by atoms with Gasteiger partial charge in [-0.15, -0.1) is 0 Å². The van der Waals surface area contributed by atoms with E-state index in [2.05, 4.69) is 41.3 Å². The molecule has 1 atom stereocenters. The molecule has 17 heavy (non-hydrogen) atoms. The minimum atomic E-state index is 0.319. The molecule has 2 N–H and O–H groups in total. The maximum absolute atomic E-state index is 4.42. The molecule has 0 bridgehead atoms. The zero-order chi connectivity index (χ0) is 12.1. The van der Waals surface area contributed by atoms with E-state index in [1.165, 1.54) is 0 Å². The van der Waals surface area contributed by atoms with Crippen LogP contribution < -0.4 is 5.32 Å². The van der Waals surface area contributed by atoms with Crippen LogP contribution in [0.3, 0.4) is 0 Å². The molecule has 0 saturated carbocycles. The molecule has 1 unspecified atom stereocenters. The molecule has 90 valence electrons. The largest absolute Gasteiger partial charge is 0.341 e. The van der Waals surface area contributed by atoms with Crippen molar-refractivity contribution >= 4 is 0 Å². The first-order valence-electron chi connectivity index (χ1n) is 6.15. The Balaban J connectivity index is 2.11. The summed E-state index contributed by atoms with van der Waals surface area (Å²) < 4.78 is 0. The van der Waals surface area contributed by atoms with Crippen LogP contribution in [0.1, 0.15) is 32.0 Å². The van der Waals surface area contributed by atoms with Gasteiger partial charge in [-0.25, -0.2) is 4.98 Å². The number of nitrogens with one attached hydrogen (secondary N) is 2. The van der Waals surface area contributed by atoms with E-state index in [-0.39, 0.29) is 0 Å². The highest BCUT2D eigenvalue weighted by Gasteiger charge is 2.08. The molecule has 1 aromatic carbocycles. The van der Waals surface area contributed by atoms with Crippen molar-refractivity contribution in [1.29, 1.82) is 0 Å². The van der Waals surface area contributed by atoms with Crippen LogP contribution in [0.25, 0.3) is 11.4 Å². The van der Waals surface area contributed by atoms with E-state index in [9.17, 15) is 0 Å². The van der Waals surface area contributed by atoms with Crippen molar-refractivity contribution in [3.8, 4) is 11.4 Å². The number of hydrogen-bond donors (Lipinski definition) is 2. The SMILES string of the molecule is CCCNC(C)c1cnc(-c2ccccc2)[nH]1. The maximum atomic E-state index is 4.42. The van der Waals surface area contributed by atoms with E-state index in [1.807, 2.05) is 24.4 Å². The Morgan fingerprint density at radius 1 is 1.29 bits per heavy atom. The third kappa shape index (κ3) is 2.94. The van der Waals surface area contributed by atoms with Crippen LogP contribution >= 0.6 is 0 Å². The molecule has 1 heterocycles. The summed E-state index contributed by atoms with van der Waals surface area (Å²) in [6.45, 7) is 5.35. The van der Waals surface area contributed by atoms with Crippen molar-refractivity contribution in [3.05, 3.63) is 42.2 Å². The van der Waals surface area contributed by atoms with Crippen molar-refractivity contribution in [3.63, 3.8) is 0 Å². The number of aromatic nitrogens is 2. The molecule has 0 fully saturated rings. The molecule has 3 nitrogen and oxygen atoms in total. The van der Waals surface area contributed by atoms with E-state index in [0.29, 0.717) is 6.04 Å². The third-order valence-corrected chi connectivity index (χ3v) is 2.81. The molecule has 0 saturated heterocycles. The number of aromatic amines is 1. The smallest absolute Gasteiger partial charge is 0.137 e. The predicted octanol–water partition coefficient (Wildman–Crippen LogP) is 3.14. The lowest BCUT2D eigenvalue weighted by molar-refractivity contribution is 0.561. The van der Waals surface area contributed by atoms with Crippen molar-refractivity contribution in [2.45, 2.75) is 26.3 Å². The summed E-state index contributed by atoms with van der Waals surface area (Å²) in [7, 11) is 0. The van der Waals surface area contributed by atoms with Crippen molar-refractivity contribution < 1.29 is 0 Å². The standard InChI is InChI=1S/C14H19N3/c1-3-9-15-11(2)13-10-16-14(17-13)12-7-5-4-6-8-12/h4-8,10-11,15H,3,9H2,1-2H3,(H,16,17). The molecule has 2 rings (SSSR count). The van der Waals surface area contributed by atoms with Gasteiger partial charge in [0.1, 0.15) is 5.82 Å². The second kappa shape index (κ2) is 5.64. The van der Waals surface area contributed by atoms with E-state index < -0.39 is 0 Å². The minimum Gasteiger partial charge on any atom is -0.341 e. The molecule has 0 radical (unpaired) electrons. The average molecular weight is 229 g/mol. The van der Waals surface area contributed by atoms with Gasteiger partial charge in [-0.2, -0.15) is 0 Å². The van der Waals surface area contributed by atoms with Crippen LogP contribution in [0.5, 0.6) is 0 Å². The minimum absolute atomic E-state index is 0.319. The van der Waals surface area contributed by atoms with Crippen molar-refractivity contribution in [1.82, 2.24) is 15.3 Å².